The number of pyridine rings is 1. The summed E-state index contributed by atoms with van der Waals surface area (Å²) in [6.07, 6.45) is 6.33. The maximum atomic E-state index is 12.5. The lowest BCUT2D eigenvalue weighted by atomic mass is 10.3. The highest BCUT2D eigenvalue weighted by molar-refractivity contribution is 9.10. The highest BCUT2D eigenvalue weighted by Crippen LogP contribution is 2.11. The second-order valence-electron chi connectivity index (χ2n) is 1.64. The molecule has 0 aliphatic heterocycles. The third-order valence-electron chi connectivity index (χ3n) is 0.961. The predicted molar refractivity (Wildman–Crippen MR) is 39.8 cm³/mol. The molecule has 3 heteroatoms. The Labute approximate surface area is 66.4 Å². The molecule has 0 aromatic carbocycles. The maximum absolute atomic E-state index is 12.5. The quantitative estimate of drug-likeness (QED) is 0.460. The van der Waals surface area contributed by atoms with Gasteiger partial charge in [-0.05, 0) is 22.0 Å². The normalized spacial score (nSPS) is 8.90. The molecule has 1 nitrogen and oxygen atoms in total. The largest absolute Gasteiger partial charge is 0.228 e. The molecule has 1 aromatic heterocycles. The summed E-state index contributed by atoms with van der Waals surface area (Å²) in [6, 6.07) is 1.50. The van der Waals surface area contributed by atoms with Crippen molar-refractivity contribution < 1.29 is 4.39 Å². The molecule has 50 valence electrons. The van der Waals surface area contributed by atoms with Crippen LogP contribution < -0.4 is 0 Å². The summed E-state index contributed by atoms with van der Waals surface area (Å²) in [6.45, 7) is 0. The van der Waals surface area contributed by atoms with E-state index in [1.54, 1.807) is 0 Å². The first-order valence-corrected chi connectivity index (χ1v) is 3.31. The van der Waals surface area contributed by atoms with Crippen LogP contribution in [0.15, 0.2) is 16.7 Å². The average Bonchev–Trinajstić information content (AvgIpc) is 1.94. The molecule has 0 radical (unpaired) electrons. The molecule has 0 N–H and O–H groups in total. The van der Waals surface area contributed by atoms with E-state index >= 15 is 0 Å². The molecule has 1 aromatic rings. The van der Waals surface area contributed by atoms with Gasteiger partial charge in [0.05, 0.1) is 5.56 Å². The van der Waals surface area contributed by atoms with Gasteiger partial charge in [0.25, 0.3) is 0 Å². The molecule has 1 heterocycles. The minimum absolute atomic E-state index is 0.175. The van der Waals surface area contributed by atoms with E-state index in [4.69, 9.17) is 6.42 Å². The fourth-order valence-electron chi connectivity index (χ4n) is 0.524. The Bertz CT molecular complexity index is 290. The number of hydrogen-bond acceptors (Lipinski definition) is 1. The molecule has 0 aliphatic rings. The van der Waals surface area contributed by atoms with E-state index in [1.165, 1.54) is 12.3 Å². The van der Waals surface area contributed by atoms with Gasteiger partial charge < -0.3 is 0 Å². The first-order valence-electron chi connectivity index (χ1n) is 2.51. The Morgan fingerprint density at radius 1 is 1.70 bits per heavy atom. The van der Waals surface area contributed by atoms with E-state index in [9.17, 15) is 4.39 Å². The van der Waals surface area contributed by atoms with Crippen LogP contribution in [-0.2, 0) is 0 Å². The van der Waals surface area contributed by atoms with Crippen LogP contribution in [0.2, 0.25) is 0 Å². The number of terminal acetylenes is 1. The van der Waals surface area contributed by atoms with E-state index in [1.807, 2.05) is 0 Å². The highest BCUT2D eigenvalue weighted by Gasteiger charge is 1.98. The third-order valence-corrected chi connectivity index (χ3v) is 1.39. The third kappa shape index (κ3) is 1.34. The van der Waals surface area contributed by atoms with Gasteiger partial charge in [0.15, 0.2) is 0 Å². The first-order chi connectivity index (χ1) is 4.74. The Hall–Kier alpha value is -0.880. The van der Waals surface area contributed by atoms with Gasteiger partial charge in [0.2, 0.25) is 5.95 Å². The van der Waals surface area contributed by atoms with E-state index in [-0.39, 0.29) is 5.56 Å². The van der Waals surface area contributed by atoms with E-state index in [0.29, 0.717) is 4.47 Å². The van der Waals surface area contributed by atoms with Gasteiger partial charge in [-0.1, -0.05) is 5.92 Å². The van der Waals surface area contributed by atoms with Crippen molar-refractivity contribution in [2.24, 2.45) is 0 Å². The molecular weight excluding hydrogens is 197 g/mol. The van der Waals surface area contributed by atoms with Crippen molar-refractivity contribution in [1.82, 2.24) is 4.98 Å². The van der Waals surface area contributed by atoms with Crippen LogP contribution in [-0.4, -0.2) is 4.98 Å². The molecule has 10 heavy (non-hydrogen) atoms. The van der Waals surface area contributed by atoms with Gasteiger partial charge >= 0.3 is 0 Å². The average molecular weight is 200 g/mol. The predicted octanol–water partition coefficient (Wildman–Crippen LogP) is 1.96. The summed E-state index contributed by atoms with van der Waals surface area (Å²) >= 11 is 3.11. The summed E-state index contributed by atoms with van der Waals surface area (Å²) in [5, 5.41) is 0. The fourth-order valence-corrected chi connectivity index (χ4v) is 0.855. The van der Waals surface area contributed by atoms with Gasteiger partial charge in [-0.2, -0.15) is 4.39 Å². The Balaban J connectivity index is 3.25. The summed E-state index contributed by atoms with van der Waals surface area (Å²) in [5.74, 6) is 1.56. The van der Waals surface area contributed by atoms with Crippen LogP contribution in [0.1, 0.15) is 5.56 Å². The summed E-state index contributed by atoms with van der Waals surface area (Å²) in [5.41, 5.74) is 0.175. The molecule has 0 fully saturated rings. The zero-order chi connectivity index (χ0) is 7.56. The van der Waals surface area contributed by atoms with Crippen molar-refractivity contribution in [3.8, 4) is 12.3 Å². The topological polar surface area (TPSA) is 12.9 Å². The van der Waals surface area contributed by atoms with Gasteiger partial charge in [-0.15, -0.1) is 6.42 Å². The molecule has 0 saturated carbocycles. The molecule has 0 aliphatic carbocycles. The molecule has 0 amide bonds. The van der Waals surface area contributed by atoms with Crippen LogP contribution in [0.3, 0.4) is 0 Å². The van der Waals surface area contributed by atoms with Crippen molar-refractivity contribution >= 4 is 15.9 Å². The van der Waals surface area contributed by atoms with Crippen LogP contribution in [0.5, 0.6) is 0 Å². The molecule has 0 spiro atoms. The smallest absolute Gasteiger partial charge is 0.226 e. The molecule has 0 unspecified atom stereocenters. The lowest BCUT2D eigenvalue weighted by molar-refractivity contribution is 0.579. The summed E-state index contributed by atoms with van der Waals surface area (Å²) < 4.78 is 13.2. The summed E-state index contributed by atoms with van der Waals surface area (Å²) in [4.78, 5) is 3.39. The van der Waals surface area contributed by atoms with Crippen LogP contribution >= 0.6 is 15.9 Å². The summed E-state index contributed by atoms with van der Waals surface area (Å²) in [7, 11) is 0. The number of rotatable bonds is 0. The minimum atomic E-state index is -0.606. The van der Waals surface area contributed by atoms with Crippen molar-refractivity contribution in [1.29, 1.82) is 0 Å². The molecule has 1 rings (SSSR count). The Morgan fingerprint density at radius 2 is 2.40 bits per heavy atom. The maximum Gasteiger partial charge on any atom is 0.228 e. The second-order valence-corrected chi connectivity index (χ2v) is 2.55. The zero-order valence-electron chi connectivity index (χ0n) is 4.94. The monoisotopic (exact) mass is 199 g/mol. The molecular formula is C7H3BrFN. The number of hydrogen-bond donors (Lipinski definition) is 0. The SMILES string of the molecule is C#Cc1cc(Br)cnc1F. The lowest BCUT2D eigenvalue weighted by Crippen LogP contribution is -1.86. The van der Waals surface area contributed by atoms with Gasteiger partial charge in [-0.3, -0.25) is 0 Å². The fraction of sp³-hybridized carbons (Fsp3) is 0. The van der Waals surface area contributed by atoms with Crippen LogP contribution in [0.25, 0.3) is 0 Å². The molecule has 0 saturated heterocycles. The molecule has 0 atom stereocenters. The second kappa shape index (κ2) is 2.80. The lowest BCUT2D eigenvalue weighted by Gasteiger charge is -1.92. The van der Waals surface area contributed by atoms with Gasteiger partial charge in [0.1, 0.15) is 0 Å². The number of halogens is 2. The van der Waals surface area contributed by atoms with Crippen molar-refractivity contribution in [2.75, 3.05) is 0 Å². The Morgan fingerprint density at radius 3 is 2.90 bits per heavy atom. The van der Waals surface area contributed by atoms with E-state index < -0.39 is 5.95 Å². The number of aromatic nitrogens is 1. The Kier molecular flexibility index (Phi) is 2.03. The van der Waals surface area contributed by atoms with Crippen molar-refractivity contribution in [3.05, 3.63) is 28.2 Å². The minimum Gasteiger partial charge on any atom is -0.226 e. The zero-order valence-corrected chi connectivity index (χ0v) is 6.52. The van der Waals surface area contributed by atoms with E-state index in [2.05, 4.69) is 26.8 Å². The first kappa shape index (κ1) is 7.23. The van der Waals surface area contributed by atoms with Gasteiger partial charge in [-0.25, -0.2) is 4.98 Å². The molecule has 0 bridgehead atoms. The number of nitrogens with zero attached hydrogens (tertiary/aromatic N) is 1. The van der Waals surface area contributed by atoms with E-state index in [0.717, 1.165) is 0 Å². The standard InChI is InChI=1S/C7H3BrFN/c1-2-5-3-6(8)4-10-7(5)9/h1,3-4H. The van der Waals surface area contributed by atoms with Crippen molar-refractivity contribution in [3.63, 3.8) is 0 Å². The van der Waals surface area contributed by atoms with Crippen molar-refractivity contribution in [2.45, 2.75) is 0 Å². The van der Waals surface area contributed by atoms with Crippen LogP contribution in [0.4, 0.5) is 4.39 Å². The van der Waals surface area contributed by atoms with Crippen LogP contribution in [0, 0.1) is 18.3 Å². The highest BCUT2D eigenvalue weighted by atomic mass is 79.9. The van der Waals surface area contributed by atoms with Gasteiger partial charge in [0, 0.05) is 10.7 Å².